The van der Waals surface area contributed by atoms with E-state index in [1.165, 1.54) is 0 Å². The normalized spacial score (nSPS) is 20.0. The van der Waals surface area contributed by atoms with Crippen LogP contribution >= 0.6 is 11.6 Å². The number of rotatable bonds is 6. The van der Waals surface area contributed by atoms with Gasteiger partial charge in [0, 0.05) is 18.2 Å². The summed E-state index contributed by atoms with van der Waals surface area (Å²) in [6.45, 7) is 5.12. The molecule has 2 aromatic carbocycles. The zero-order valence-corrected chi connectivity index (χ0v) is 18.1. The molecule has 2 unspecified atom stereocenters. The third kappa shape index (κ3) is 3.59. The molecule has 3 heterocycles. The Bertz CT molecular complexity index is 1240. The van der Waals surface area contributed by atoms with Gasteiger partial charge in [0.1, 0.15) is 17.9 Å². The predicted molar refractivity (Wildman–Crippen MR) is 121 cm³/mol. The molecule has 0 N–H and O–H groups in total. The highest BCUT2D eigenvalue weighted by Gasteiger charge is 2.43. The van der Waals surface area contributed by atoms with Crippen molar-refractivity contribution < 1.29 is 18.7 Å². The van der Waals surface area contributed by atoms with E-state index in [1.807, 2.05) is 24.3 Å². The maximum absolute atomic E-state index is 13.5. The Morgan fingerprint density at radius 2 is 2.00 bits per heavy atom. The number of hydrogen-bond acceptors (Lipinski definition) is 5. The van der Waals surface area contributed by atoms with Crippen molar-refractivity contribution >= 4 is 28.5 Å². The summed E-state index contributed by atoms with van der Waals surface area (Å²) in [4.78, 5) is 28.6. The van der Waals surface area contributed by atoms with Gasteiger partial charge in [0.05, 0.1) is 23.1 Å². The van der Waals surface area contributed by atoms with Crippen LogP contribution < -0.4 is 10.2 Å². The highest BCUT2D eigenvalue weighted by Crippen LogP contribution is 2.39. The second kappa shape index (κ2) is 8.45. The van der Waals surface area contributed by atoms with Crippen molar-refractivity contribution in [3.63, 3.8) is 0 Å². The van der Waals surface area contributed by atoms with Gasteiger partial charge >= 0.3 is 0 Å². The third-order valence-electron chi connectivity index (χ3n) is 5.92. The summed E-state index contributed by atoms with van der Waals surface area (Å²) in [5.74, 6) is 0.461. The van der Waals surface area contributed by atoms with Crippen molar-refractivity contribution in [2.24, 2.45) is 0 Å². The van der Waals surface area contributed by atoms with E-state index in [9.17, 15) is 9.59 Å². The van der Waals surface area contributed by atoms with E-state index in [0.29, 0.717) is 47.1 Å². The minimum absolute atomic E-state index is 0.0649. The molecule has 7 heteroatoms. The number of benzene rings is 2. The van der Waals surface area contributed by atoms with Crippen LogP contribution in [-0.4, -0.2) is 36.7 Å². The van der Waals surface area contributed by atoms with Crippen LogP contribution in [-0.2, 0) is 4.74 Å². The molecule has 3 aromatic rings. The van der Waals surface area contributed by atoms with Crippen LogP contribution in [0.3, 0.4) is 0 Å². The predicted octanol–water partition coefficient (Wildman–Crippen LogP) is 4.74. The smallest absolute Gasteiger partial charge is 0.291 e. The monoisotopic (exact) mass is 451 g/mol. The Balaban J connectivity index is 1.63. The fourth-order valence-corrected chi connectivity index (χ4v) is 4.61. The van der Waals surface area contributed by atoms with Crippen LogP contribution in [0.2, 0.25) is 5.02 Å². The molecule has 2 aliphatic heterocycles. The number of carbonyl (C=O) groups is 1. The average molecular weight is 452 g/mol. The van der Waals surface area contributed by atoms with Crippen molar-refractivity contribution in [2.75, 3.05) is 19.8 Å². The average Bonchev–Trinajstić information content (AvgIpc) is 3.41. The zero-order chi connectivity index (χ0) is 22.2. The Morgan fingerprint density at radius 1 is 1.19 bits per heavy atom. The summed E-state index contributed by atoms with van der Waals surface area (Å²) in [5.41, 5.74) is 1.23. The first kappa shape index (κ1) is 20.8. The minimum Gasteiger partial charge on any atom is -0.490 e. The fraction of sp³-hybridized carbons (Fsp3) is 0.280. The van der Waals surface area contributed by atoms with Gasteiger partial charge in [-0.3, -0.25) is 9.59 Å². The Morgan fingerprint density at radius 3 is 2.72 bits per heavy atom. The second-order valence-corrected chi connectivity index (χ2v) is 8.41. The topological polar surface area (TPSA) is 69.0 Å². The molecular formula is C25H22ClNO5. The molecule has 1 amide bonds. The lowest BCUT2D eigenvalue weighted by atomic mass is 9.98. The number of nitrogens with zero attached hydrogens (tertiary/aromatic N) is 1. The van der Waals surface area contributed by atoms with Crippen LogP contribution in [0.4, 0.5) is 0 Å². The summed E-state index contributed by atoms with van der Waals surface area (Å²) in [7, 11) is 0. The van der Waals surface area contributed by atoms with Crippen molar-refractivity contribution in [3.8, 4) is 5.75 Å². The van der Waals surface area contributed by atoms with Crippen molar-refractivity contribution in [2.45, 2.75) is 25.0 Å². The summed E-state index contributed by atoms with van der Waals surface area (Å²) in [5, 5.41) is 0.796. The number of hydrogen-bond donors (Lipinski definition) is 0. The van der Waals surface area contributed by atoms with E-state index in [1.54, 1.807) is 29.2 Å². The van der Waals surface area contributed by atoms with E-state index in [2.05, 4.69) is 6.58 Å². The molecule has 0 aliphatic carbocycles. The van der Waals surface area contributed by atoms with Crippen molar-refractivity contribution in [1.29, 1.82) is 0 Å². The standard InChI is InChI=1S/C25H22ClNO5/c1-2-11-30-17-8-5-15(6-9-17)22-21-23(28)19-13-16(26)7-10-20(19)32-24(21)25(29)27(22)14-18-4-3-12-31-18/h2,5-10,13,18,22H,1,3-4,11-12,14H2. The van der Waals surface area contributed by atoms with Gasteiger partial charge in [-0.15, -0.1) is 0 Å². The Kier molecular flexibility index (Phi) is 5.49. The molecule has 0 bridgehead atoms. The summed E-state index contributed by atoms with van der Waals surface area (Å²) < 4.78 is 17.3. The number of carbonyl (C=O) groups excluding carboxylic acids is 1. The molecule has 2 aliphatic rings. The molecule has 5 rings (SSSR count). The van der Waals surface area contributed by atoms with Gasteiger partial charge in [-0.25, -0.2) is 0 Å². The SMILES string of the molecule is C=CCOc1ccc(C2c3c(oc4ccc(Cl)cc4c3=O)C(=O)N2CC2CCCO2)cc1. The molecule has 0 radical (unpaired) electrons. The molecule has 6 nitrogen and oxygen atoms in total. The molecule has 1 fully saturated rings. The molecule has 1 aromatic heterocycles. The van der Waals surface area contributed by atoms with Gasteiger partial charge in [-0.2, -0.15) is 0 Å². The first-order valence-electron chi connectivity index (χ1n) is 10.6. The van der Waals surface area contributed by atoms with Gasteiger partial charge < -0.3 is 18.8 Å². The third-order valence-corrected chi connectivity index (χ3v) is 6.15. The number of amides is 1. The maximum Gasteiger partial charge on any atom is 0.291 e. The molecular weight excluding hydrogens is 430 g/mol. The first-order chi connectivity index (χ1) is 15.6. The van der Waals surface area contributed by atoms with E-state index in [4.69, 9.17) is 25.5 Å². The quantitative estimate of drug-likeness (QED) is 0.506. The lowest BCUT2D eigenvalue weighted by Gasteiger charge is -2.27. The van der Waals surface area contributed by atoms with E-state index in [-0.39, 0.29) is 23.2 Å². The fourth-order valence-electron chi connectivity index (χ4n) is 4.44. The lowest BCUT2D eigenvalue weighted by Crippen LogP contribution is -2.36. The van der Waals surface area contributed by atoms with Gasteiger partial charge in [0.2, 0.25) is 5.76 Å². The van der Waals surface area contributed by atoms with Gasteiger partial charge in [-0.1, -0.05) is 36.4 Å². The van der Waals surface area contributed by atoms with Gasteiger partial charge in [0.25, 0.3) is 5.91 Å². The highest BCUT2D eigenvalue weighted by atomic mass is 35.5. The van der Waals surface area contributed by atoms with E-state index >= 15 is 0 Å². The molecule has 164 valence electrons. The van der Waals surface area contributed by atoms with Crippen molar-refractivity contribution in [1.82, 2.24) is 4.90 Å². The van der Waals surface area contributed by atoms with Crippen LogP contribution in [0.15, 0.2) is 64.3 Å². The molecule has 1 saturated heterocycles. The maximum atomic E-state index is 13.5. The molecule has 2 atom stereocenters. The number of fused-ring (bicyclic) bond motifs is 2. The van der Waals surface area contributed by atoms with Crippen LogP contribution in [0.1, 0.15) is 40.6 Å². The van der Waals surface area contributed by atoms with E-state index < -0.39 is 6.04 Å². The molecule has 32 heavy (non-hydrogen) atoms. The van der Waals surface area contributed by atoms with Gasteiger partial charge in [-0.05, 0) is 48.7 Å². The second-order valence-electron chi connectivity index (χ2n) is 7.98. The minimum atomic E-state index is -0.574. The Labute approximate surface area is 190 Å². The highest BCUT2D eigenvalue weighted by molar-refractivity contribution is 6.31. The van der Waals surface area contributed by atoms with E-state index in [0.717, 1.165) is 18.4 Å². The number of ether oxygens (including phenoxy) is 2. The van der Waals surface area contributed by atoms with Crippen LogP contribution in [0, 0.1) is 0 Å². The molecule has 0 spiro atoms. The zero-order valence-electron chi connectivity index (χ0n) is 17.4. The summed E-state index contributed by atoms with van der Waals surface area (Å²) in [6.07, 6.45) is 3.44. The first-order valence-corrected chi connectivity index (χ1v) is 11.0. The largest absolute Gasteiger partial charge is 0.490 e. The lowest BCUT2D eigenvalue weighted by molar-refractivity contribution is 0.0486. The van der Waals surface area contributed by atoms with Crippen molar-refractivity contribution in [3.05, 3.63) is 87.3 Å². The summed E-state index contributed by atoms with van der Waals surface area (Å²) >= 11 is 6.13. The Hall–Kier alpha value is -3.09. The van der Waals surface area contributed by atoms with Gasteiger partial charge in [0.15, 0.2) is 5.43 Å². The van der Waals surface area contributed by atoms with Crippen LogP contribution in [0.5, 0.6) is 5.75 Å². The van der Waals surface area contributed by atoms with Crippen LogP contribution in [0.25, 0.3) is 11.0 Å². The number of halogens is 1. The molecule has 0 saturated carbocycles. The summed E-state index contributed by atoms with van der Waals surface area (Å²) in [6, 6.07) is 11.7.